The van der Waals surface area contributed by atoms with Gasteiger partial charge in [0, 0.05) is 11.6 Å². The summed E-state index contributed by atoms with van der Waals surface area (Å²) in [6, 6.07) is 0.808. The Labute approximate surface area is 210 Å². The minimum absolute atomic E-state index is 0.0215. The van der Waals surface area contributed by atoms with Gasteiger partial charge in [-0.1, -0.05) is 11.6 Å². The smallest absolute Gasteiger partial charge is 0.265 e. The molecule has 0 spiro atoms. The molecule has 0 unspecified atom stereocenters. The van der Waals surface area contributed by atoms with Crippen LogP contribution in [0.25, 0.3) is 11.1 Å². The second-order valence-electron chi connectivity index (χ2n) is 9.38. The number of sulfonamides is 1. The van der Waals surface area contributed by atoms with E-state index in [0.29, 0.717) is 12.1 Å². The summed E-state index contributed by atoms with van der Waals surface area (Å²) >= 11 is 5.82. The number of benzene rings is 2. The summed E-state index contributed by atoms with van der Waals surface area (Å²) in [5.74, 6) is -10.2. The number of amides is 1. The zero-order chi connectivity index (χ0) is 27.6. The maximum atomic E-state index is 14.5. The molecule has 0 aliphatic rings. The van der Waals surface area contributed by atoms with Gasteiger partial charge in [0.2, 0.25) is 5.91 Å². The average Bonchev–Trinajstić information content (AvgIpc) is 2.69. The molecular weight excluding hydrogens is 533 g/mol. The first kappa shape index (κ1) is 29.9. The molecule has 0 saturated heterocycles. The van der Waals surface area contributed by atoms with E-state index in [-0.39, 0.29) is 19.3 Å². The summed E-state index contributed by atoms with van der Waals surface area (Å²) in [6.45, 7) is 8.94. The van der Waals surface area contributed by atoms with Crippen LogP contribution in [-0.2, 0) is 24.3 Å². The minimum Gasteiger partial charge on any atom is -0.373 e. The van der Waals surface area contributed by atoms with Gasteiger partial charge in [-0.2, -0.15) is 0 Å². The third-order valence-electron chi connectivity index (χ3n) is 4.64. The van der Waals surface area contributed by atoms with Crippen molar-refractivity contribution in [1.82, 2.24) is 4.72 Å². The summed E-state index contributed by atoms with van der Waals surface area (Å²) < 4.78 is 108. The Morgan fingerprint density at radius 2 is 1.47 bits per heavy atom. The molecule has 0 fully saturated rings. The zero-order valence-corrected chi connectivity index (χ0v) is 21.6. The largest absolute Gasteiger partial charge is 0.373 e. The predicted molar refractivity (Wildman–Crippen MR) is 122 cm³/mol. The molecule has 0 aliphatic heterocycles. The van der Waals surface area contributed by atoms with Crippen LogP contribution in [0.15, 0.2) is 23.1 Å². The number of hydrogen-bond acceptors (Lipinski definition) is 5. The van der Waals surface area contributed by atoms with Crippen molar-refractivity contribution in [2.45, 2.75) is 57.1 Å². The van der Waals surface area contributed by atoms with Crippen LogP contribution in [0, 0.1) is 29.1 Å². The van der Waals surface area contributed by atoms with Crippen molar-refractivity contribution in [3.05, 3.63) is 52.3 Å². The molecule has 1 amide bonds. The van der Waals surface area contributed by atoms with Crippen molar-refractivity contribution in [1.29, 1.82) is 0 Å². The number of hydrogen-bond donors (Lipinski definition) is 1. The molecule has 200 valence electrons. The van der Waals surface area contributed by atoms with E-state index in [4.69, 9.17) is 21.1 Å². The van der Waals surface area contributed by atoms with Crippen molar-refractivity contribution in [3.63, 3.8) is 0 Å². The Morgan fingerprint density at radius 1 is 0.889 bits per heavy atom. The Bertz CT molecular complexity index is 1260. The molecule has 0 aliphatic carbocycles. The lowest BCUT2D eigenvalue weighted by atomic mass is 10.0. The fourth-order valence-corrected chi connectivity index (χ4v) is 4.61. The number of carbonyl (C=O) groups is 1. The van der Waals surface area contributed by atoms with Crippen LogP contribution in [-0.4, -0.2) is 38.7 Å². The van der Waals surface area contributed by atoms with E-state index in [1.807, 2.05) is 20.8 Å². The molecule has 0 aromatic heterocycles. The molecule has 0 saturated carbocycles. The van der Waals surface area contributed by atoms with E-state index < -0.39 is 83.7 Å². The number of halogens is 6. The highest BCUT2D eigenvalue weighted by Crippen LogP contribution is 2.35. The molecule has 6 nitrogen and oxygen atoms in total. The van der Waals surface area contributed by atoms with Gasteiger partial charge in [-0.05, 0) is 46.8 Å². The molecule has 36 heavy (non-hydrogen) atoms. The van der Waals surface area contributed by atoms with Crippen molar-refractivity contribution in [2.24, 2.45) is 0 Å². The highest BCUT2D eigenvalue weighted by Gasteiger charge is 2.30. The van der Waals surface area contributed by atoms with Gasteiger partial charge in [-0.25, -0.2) is 35.1 Å². The van der Waals surface area contributed by atoms with Crippen LogP contribution in [0.3, 0.4) is 0 Å². The van der Waals surface area contributed by atoms with Crippen LogP contribution in [0.2, 0.25) is 5.02 Å². The third-order valence-corrected chi connectivity index (χ3v) is 6.48. The lowest BCUT2D eigenvalue weighted by Crippen LogP contribution is -2.38. The van der Waals surface area contributed by atoms with Crippen LogP contribution in [0.5, 0.6) is 0 Å². The molecular formula is C23H25ClF5NO5S. The normalized spacial score (nSPS) is 12.6. The molecule has 2 aromatic carbocycles. The van der Waals surface area contributed by atoms with E-state index in [2.05, 4.69) is 0 Å². The molecule has 1 N–H and O–H groups in total. The minimum atomic E-state index is -4.79. The Kier molecular flexibility index (Phi) is 9.15. The second-order valence-corrected chi connectivity index (χ2v) is 11.4. The van der Waals surface area contributed by atoms with E-state index in [0.717, 1.165) is 0 Å². The number of nitrogens with one attached hydrogen (secondary N) is 1. The second kappa shape index (κ2) is 11.0. The number of rotatable bonds is 9. The summed E-state index contributed by atoms with van der Waals surface area (Å²) in [6.07, 6.45) is -0.431. The van der Waals surface area contributed by atoms with Gasteiger partial charge in [0.05, 0.1) is 41.4 Å². The summed E-state index contributed by atoms with van der Waals surface area (Å²) in [7, 11) is -4.79. The van der Waals surface area contributed by atoms with Gasteiger partial charge < -0.3 is 9.47 Å². The molecule has 0 atom stereocenters. The predicted octanol–water partition coefficient (Wildman–Crippen LogP) is 5.51. The van der Waals surface area contributed by atoms with Gasteiger partial charge in [-0.15, -0.1) is 0 Å². The molecule has 2 aromatic rings. The number of ether oxygens (including phenoxy) is 2. The van der Waals surface area contributed by atoms with Gasteiger partial charge in [0.15, 0.2) is 17.5 Å². The third kappa shape index (κ3) is 7.61. The van der Waals surface area contributed by atoms with E-state index >= 15 is 0 Å². The molecule has 0 bridgehead atoms. The van der Waals surface area contributed by atoms with Gasteiger partial charge >= 0.3 is 0 Å². The van der Waals surface area contributed by atoms with Crippen LogP contribution in [0.4, 0.5) is 22.0 Å². The zero-order valence-electron chi connectivity index (χ0n) is 20.1. The maximum absolute atomic E-state index is 14.5. The Morgan fingerprint density at radius 3 is 2.06 bits per heavy atom. The fourth-order valence-electron chi connectivity index (χ4n) is 3.08. The van der Waals surface area contributed by atoms with Gasteiger partial charge in [0.1, 0.15) is 16.5 Å². The summed E-state index contributed by atoms with van der Waals surface area (Å²) in [5.41, 5.74) is -3.92. The lowest BCUT2D eigenvalue weighted by molar-refractivity contribution is -0.128. The first-order valence-electron chi connectivity index (χ1n) is 10.5. The van der Waals surface area contributed by atoms with Gasteiger partial charge in [-0.3, -0.25) is 4.79 Å². The lowest BCUT2D eigenvalue weighted by Gasteiger charge is -2.26. The van der Waals surface area contributed by atoms with E-state index in [1.54, 1.807) is 4.72 Å². The first-order chi connectivity index (χ1) is 16.3. The van der Waals surface area contributed by atoms with Crippen LogP contribution in [0.1, 0.15) is 41.0 Å². The standard InChI is InChI=1S/C23H25ClF5NO5S/c1-22(2,3)34-6-7-35-23(4,5)11-18(31)30-36(32,33)17-8-12(14(25)9-13(17)24)19-15(26)10-16(27)20(28)21(19)29/h8-10H,6-7,11H2,1-5H3,(H,30,31). The Hall–Kier alpha value is -2.28. The van der Waals surface area contributed by atoms with Crippen molar-refractivity contribution in [2.75, 3.05) is 13.2 Å². The quantitative estimate of drug-likeness (QED) is 0.190. The van der Waals surface area contributed by atoms with Gasteiger partial charge in [0.25, 0.3) is 10.0 Å². The van der Waals surface area contributed by atoms with E-state index in [1.165, 1.54) is 13.8 Å². The molecule has 0 radical (unpaired) electrons. The summed E-state index contributed by atoms with van der Waals surface area (Å²) in [5, 5.41) is -0.727. The van der Waals surface area contributed by atoms with E-state index in [9.17, 15) is 35.2 Å². The van der Waals surface area contributed by atoms with Crippen molar-refractivity contribution < 1.29 is 44.6 Å². The fraction of sp³-hybridized carbons (Fsp3) is 0.435. The monoisotopic (exact) mass is 557 g/mol. The van der Waals surface area contributed by atoms with Crippen molar-refractivity contribution in [3.8, 4) is 11.1 Å². The number of carbonyl (C=O) groups excluding carboxylic acids is 1. The highest BCUT2D eigenvalue weighted by molar-refractivity contribution is 7.90. The summed E-state index contributed by atoms with van der Waals surface area (Å²) in [4.78, 5) is 11.5. The first-order valence-corrected chi connectivity index (χ1v) is 12.4. The average molecular weight is 558 g/mol. The molecule has 2 rings (SSSR count). The molecule has 13 heteroatoms. The molecule has 0 heterocycles. The van der Waals surface area contributed by atoms with Crippen LogP contribution < -0.4 is 4.72 Å². The topological polar surface area (TPSA) is 81.7 Å². The van der Waals surface area contributed by atoms with Crippen molar-refractivity contribution >= 4 is 27.5 Å². The van der Waals surface area contributed by atoms with Crippen LogP contribution >= 0.6 is 11.6 Å². The maximum Gasteiger partial charge on any atom is 0.265 e. The SMILES string of the molecule is CC(C)(C)OCCOC(C)(C)CC(=O)NS(=O)(=O)c1cc(-c2c(F)cc(F)c(F)c2F)c(F)cc1Cl. The Balaban J connectivity index is 2.28. The highest BCUT2D eigenvalue weighted by atomic mass is 35.5.